The summed E-state index contributed by atoms with van der Waals surface area (Å²) < 4.78 is 1.14. The van der Waals surface area contributed by atoms with Gasteiger partial charge in [0.2, 0.25) is 0 Å². The number of aromatic carboxylic acids is 1. The lowest BCUT2D eigenvalue weighted by atomic mass is 10.1. The number of anilines is 2. The predicted octanol–water partition coefficient (Wildman–Crippen LogP) is 4.28. The Labute approximate surface area is 135 Å². The van der Waals surface area contributed by atoms with Crippen molar-refractivity contribution < 1.29 is 9.90 Å². The third kappa shape index (κ3) is 2.97. The number of carbonyl (C=O) groups is 1. The maximum atomic E-state index is 10.9. The first kappa shape index (κ1) is 13.8. The Kier molecular flexibility index (Phi) is 3.74. The van der Waals surface area contributed by atoms with E-state index in [0.717, 1.165) is 25.8 Å². The second-order valence-corrected chi connectivity index (χ2v) is 5.77. The van der Waals surface area contributed by atoms with E-state index < -0.39 is 5.97 Å². The van der Waals surface area contributed by atoms with E-state index in [2.05, 4.69) is 39.0 Å². The fourth-order valence-electron chi connectivity index (χ4n) is 2.08. The van der Waals surface area contributed by atoms with Crippen molar-refractivity contribution in [1.82, 2.24) is 4.98 Å². The van der Waals surface area contributed by atoms with Gasteiger partial charge in [0.05, 0.1) is 11.1 Å². The summed E-state index contributed by atoms with van der Waals surface area (Å²) in [7, 11) is 0. The normalized spacial score (nSPS) is 10.5. The summed E-state index contributed by atoms with van der Waals surface area (Å²) in [6.45, 7) is 0. The van der Waals surface area contributed by atoms with Crippen LogP contribution in [-0.4, -0.2) is 16.1 Å². The number of nitrogens with one attached hydrogen (secondary N) is 1. The zero-order chi connectivity index (χ0) is 14.8. The average Bonchev–Trinajstić information content (AvgIpc) is 2.48. The number of halogens is 1. The Morgan fingerprint density at radius 1 is 1.10 bits per heavy atom. The molecule has 0 saturated heterocycles. The third-order valence-corrected chi connectivity index (χ3v) is 3.79. The van der Waals surface area contributed by atoms with Crippen molar-refractivity contribution >= 4 is 50.8 Å². The summed E-state index contributed by atoms with van der Waals surface area (Å²) in [5, 5.41) is 13.2. The van der Waals surface area contributed by atoms with Crippen molar-refractivity contribution in [3.05, 3.63) is 63.9 Å². The number of carboxylic acids is 1. The van der Waals surface area contributed by atoms with E-state index in [1.54, 1.807) is 30.5 Å². The van der Waals surface area contributed by atoms with Crippen molar-refractivity contribution in [1.29, 1.82) is 0 Å². The van der Waals surface area contributed by atoms with Crippen LogP contribution in [0.5, 0.6) is 0 Å². The Bertz CT molecular complexity index is 816. The van der Waals surface area contributed by atoms with E-state index in [1.165, 1.54) is 0 Å². The van der Waals surface area contributed by atoms with Gasteiger partial charge in [0, 0.05) is 26.5 Å². The van der Waals surface area contributed by atoms with Crippen molar-refractivity contribution in [3.63, 3.8) is 0 Å². The molecule has 5 heteroatoms. The molecule has 0 amide bonds. The number of carboxylic acid groups (broad SMARTS) is 1. The molecule has 0 radical (unpaired) electrons. The minimum Gasteiger partial charge on any atom is -0.478 e. The Hall–Kier alpha value is -2.15. The van der Waals surface area contributed by atoms with Crippen LogP contribution in [0.3, 0.4) is 0 Å². The zero-order valence-electron chi connectivity index (χ0n) is 10.9. The van der Waals surface area contributed by atoms with Gasteiger partial charge in [-0.05, 0) is 71.1 Å². The van der Waals surface area contributed by atoms with Crippen LogP contribution in [-0.2, 0) is 0 Å². The lowest BCUT2D eigenvalue weighted by Gasteiger charge is -2.10. The average molecular weight is 390 g/mol. The molecule has 0 saturated carbocycles. The van der Waals surface area contributed by atoms with E-state index in [1.807, 2.05) is 18.2 Å². The smallest absolute Gasteiger partial charge is 0.335 e. The second-order valence-electron chi connectivity index (χ2n) is 4.53. The Balaban J connectivity index is 1.97. The third-order valence-electron chi connectivity index (χ3n) is 3.11. The number of fused-ring (bicyclic) bond motifs is 1. The van der Waals surface area contributed by atoms with Gasteiger partial charge in [0.25, 0.3) is 0 Å². The number of pyridine rings is 1. The SMILES string of the molecule is O=C(O)c1ccc(Nc2ccnc3ccc(I)cc23)cc1. The highest BCUT2D eigenvalue weighted by Crippen LogP contribution is 2.26. The highest BCUT2D eigenvalue weighted by molar-refractivity contribution is 14.1. The van der Waals surface area contributed by atoms with E-state index in [0.29, 0.717) is 0 Å². The number of hydrogen-bond acceptors (Lipinski definition) is 3. The molecule has 0 bridgehead atoms. The van der Waals surface area contributed by atoms with E-state index >= 15 is 0 Å². The lowest BCUT2D eigenvalue weighted by Crippen LogP contribution is -1.97. The largest absolute Gasteiger partial charge is 0.478 e. The monoisotopic (exact) mass is 390 g/mol. The zero-order valence-corrected chi connectivity index (χ0v) is 13.0. The molecule has 104 valence electrons. The first-order chi connectivity index (χ1) is 10.1. The minimum atomic E-state index is -0.925. The van der Waals surface area contributed by atoms with Gasteiger partial charge in [-0.1, -0.05) is 0 Å². The van der Waals surface area contributed by atoms with Gasteiger partial charge >= 0.3 is 5.97 Å². The first-order valence-corrected chi connectivity index (χ1v) is 7.36. The van der Waals surface area contributed by atoms with Crippen LogP contribution in [0.4, 0.5) is 11.4 Å². The molecule has 1 aromatic heterocycles. The molecule has 4 nitrogen and oxygen atoms in total. The highest BCUT2D eigenvalue weighted by Gasteiger charge is 2.05. The molecule has 3 rings (SSSR count). The molecule has 0 aliphatic rings. The van der Waals surface area contributed by atoms with Crippen LogP contribution in [0.1, 0.15) is 10.4 Å². The van der Waals surface area contributed by atoms with Gasteiger partial charge in [-0.25, -0.2) is 4.79 Å². The van der Waals surface area contributed by atoms with Gasteiger partial charge < -0.3 is 10.4 Å². The maximum Gasteiger partial charge on any atom is 0.335 e. The van der Waals surface area contributed by atoms with Crippen LogP contribution < -0.4 is 5.32 Å². The molecule has 0 fully saturated rings. The highest BCUT2D eigenvalue weighted by atomic mass is 127. The number of hydrogen-bond donors (Lipinski definition) is 2. The van der Waals surface area contributed by atoms with Gasteiger partial charge in [-0.2, -0.15) is 0 Å². The topological polar surface area (TPSA) is 62.2 Å². The van der Waals surface area contributed by atoms with Gasteiger partial charge in [-0.3, -0.25) is 4.98 Å². The van der Waals surface area contributed by atoms with Crippen LogP contribution in [0, 0.1) is 3.57 Å². The van der Waals surface area contributed by atoms with E-state index in [4.69, 9.17) is 5.11 Å². The fraction of sp³-hybridized carbons (Fsp3) is 0. The molecule has 0 unspecified atom stereocenters. The van der Waals surface area contributed by atoms with Crippen molar-refractivity contribution in [2.24, 2.45) is 0 Å². The summed E-state index contributed by atoms with van der Waals surface area (Å²) in [4.78, 5) is 15.2. The molecule has 0 aliphatic carbocycles. The van der Waals surface area contributed by atoms with E-state index in [9.17, 15) is 4.79 Å². The fourth-order valence-corrected chi connectivity index (χ4v) is 2.57. The van der Waals surface area contributed by atoms with Crippen molar-refractivity contribution in [3.8, 4) is 0 Å². The number of rotatable bonds is 3. The second kappa shape index (κ2) is 5.69. The maximum absolute atomic E-state index is 10.9. The standard InChI is InChI=1S/C16H11IN2O2/c17-11-3-6-14-13(9-11)15(7-8-18-14)19-12-4-1-10(2-5-12)16(20)21/h1-9H,(H,18,19)(H,20,21). The van der Waals surface area contributed by atoms with Crippen LogP contribution in [0.2, 0.25) is 0 Å². The van der Waals surface area contributed by atoms with E-state index in [-0.39, 0.29) is 5.56 Å². The molecule has 0 atom stereocenters. The minimum absolute atomic E-state index is 0.273. The van der Waals surface area contributed by atoms with Crippen LogP contribution in [0.25, 0.3) is 10.9 Å². The van der Waals surface area contributed by atoms with Crippen LogP contribution in [0.15, 0.2) is 54.7 Å². The Morgan fingerprint density at radius 3 is 2.57 bits per heavy atom. The van der Waals surface area contributed by atoms with Crippen LogP contribution >= 0.6 is 22.6 Å². The molecule has 0 spiro atoms. The number of aromatic nitrogens is 1. The molecule has 2 N–H and O–H groups in total. The van der Waals surface area contributed by atoms with Gasteiger partial charge in [0.1, 0.15) is 0 Å². The van der Waals surface area contributed by atoms with Crippen molar-refractivity contribution in [2.45, 2.75) is 0 Å². The molecule has 3 aromatic rings. The summed E-state index contributed by atoms with van der Waals surface area (Å²) >= 11 is 2.27. The summed E-state index contributed by atoms with van der Waals surface area (Å²) in [5.41, 5.74) is 2.98. The molecular formula is C16H11IN2O2. The van der Waals surface area contributed by atoms with Crippen molar-refractivity contribution in [2.75, 3.05) is 5.32 Å². The summed E-state index contributed by atoms with van der Waals surface area (Å²) in [6.07, 6.45) is 1.75. The molecule has 2 aromatic carbocycles. The first-order valence-electron chi connectivity index (χ1n) is 6.28. The number of nitrogens with zero attached hydrogens (tertiary/aromatic N) is 1. The summed E-state index contributed by atoms with van der Waals surface area (Å²) in [5.74, 6) is -0.925. The summed E-state index contributed by atoms with van der Waals surface area (Å²) in [6, 6.07) is 14.6. The van der Waals surface area contributed by atoms with Gasteiger partial charge in [0.15, 0.2) is 0 Å². The molecular weight excluding hydrogens is 379 g/mol. The number of benzene rings is 2. The quantitative estimate of drug-likeness (QED) is 0.656. The molecule has 1 heterocycles. The lowest BCUT2D eigenvalue weighted by molar-refractivity contribution is 0.0697. The predicted molar refractivity (Wildman–Crippen MR) is 91.1 cm³/mol. The van der Waals surface area contributed by atoms with Gasteiger partial charge in [-0.15, -0.1) is 0 Å². The molecule has 0 aliphatic heterocycles. The Morgan fingerprint density at radius 2 is 1.86 bits per heavy atom. The molecule has 21 heavy (non-hydrogen) atoms.